The summed E-state index contributed by atoms with van der Waals surface area (Å²) >= 11 is 3.48. The van der Waals surface area contributed by atoms with Crippen LogP contribution in [0, 0.1) is 5.41 Å². The summed E-state index contributed by atoms with van der Waals surface area (Å²) in [7, 11) is 0. The van der Waals surface area contributed by atoms with E-state index in [4.69, 9.17) is 4.98 Å². The maximum Gasteiger partial charge on any atom is 0.255 e. The summed E-state index contributed by atoms with van der Waals surface area (Å²) < 4.78 is 2.86. The molecule has 0 spiro atoms. The average Bonchev–Trinajstić information content (AvgIpc) is 2.68. The van der Waals surface area contributed by atoms with Crippen LogP contribution >= 0.6 is 15.9 Å². The number of hydrogen-bond donors (Lipinski definition) is 0. The van der Waals surface area contributed by atoms with E-state index in [0.29, 0.717) is 17.9 Å². The van der Waals surface area contributed by atoms with Crippen LogP contribution in [0.4, 0.5) is 5.95 Å². The number of nitrogens with zero attached hydrogens (tertiary/aromatic N) is 5. The van der Waals surface area contributed by atoms with Crippen LogP contribution in [0.15, 0.2) is 58.2 Å². The van der Waals surface area contributed by atoms with Crippen LogP contribution in [-0.2, 0) is 13.0 Å². The number of aromatic nitrogens is 4. The minimum absolute atomic E-state index is 0.00530. The van der Waals surface area contributed by atoms with Crippen molar-refractivity contribution < 1.29 is 0 Å². The maximum atomic E-state index is 12.9. The minimum Gasteiger partial charge on any atom is -0.341 e. The van der Waals surface area contributed by atoms with Crippen LogP contribution in [0.3, 0.4) is 0 Å². The van der Waals surface area contributed by atoms with Crippen molar-refractivity contribution in [3.8, 4) is 11.4 Å². The predicted molar refractivity (Wildman–Crippen MR) is 113 cm³/mol. The van der Waals surface area contributed by atoms with Gasteiger partial charge in [-0.3, -0.25) is 9.36 Å². The van der Waals surface area contributed by atoms with Gasteiger partial charge < -0.3 is 4.90 Å². The molecule has 144 valence electrons. The first-order valence-electron chi connectivity index (χ1n) is 9.29. The smallest absolute Gasteiger partial charge is 0.255 e. The largest absolute Gasteiger partial charge is 0.341 e. The monoisotopic (exact) mass is 439 g/mol. The van der Waals surface area contributed by atoms with Crippen LogP contribution in [0.5, 0.6) is 0 Å². The van der Waals surface area contributed by atoms with Gasteiger partial charge in [-0.1, -0.05) is 41.9 Å². The second-order valence-electron chi connectivity index (χ2n) is 7.92. The SMILES string of the molecule is CC1(C)CN(CCc2ccc(Br)cc2)c2nc(-c3ccncn3)cc(=O)n2C1. The van der Waals surface area contributed by atoms with Crippen LogP contribution in [-0.4, -0.2) is 32.6 Å². The van der Waals surface area contributed by atoms with Gasteiger partial charge in [0.1, 0.15) is 6.33 Å². The lowest BCUT2D eigenvalue weighted by Crippen LogP contribution is -2.48. The van der Waals surface area contributed by atoms with Crippen molar-refractivity contribution in [3.63, 3.8) is 0 Å². The number of hydrogen-bond acceptors (Lipinski definition) is 5. The molecule has 6 nitrogen and oxygen atoms in total. The van der Waals surface area contributed by atoms with Crippen molar-refractivity contribution in [3.05, 3.63) is 69.3 Å². The molecule has 1 aliphatic rings. The van der Waals surface area contributed by atoms with Gasteiger partial charge in [0.2, 0.25) is 5.95 Å². The fourth-order valence-corrected chi connectivity index (χ4v) is 3.88. The van der Waals surface area contributed by atoms with Crippen LogP contribution < -0.4 is 10.5 Å². The van der Waals surface area contributed by atoms with Crippen LogP contribution in [0.2, 0.25) is 0 Å². The van der Waals surface area contributed by atoms with E-state index in [9.17, 15) is 4.79 Å². The molecule has 4 rings (SSSR count). The highest BCUT2D eigenvalue weighted by molar-refractivity contribution is 9.10. The Labute approximate surface area is 172 Å². The van der Waals surface area contributed by atoms with Crippen molar-refractivity contribution >= 4 is 21.9 Å². The van der Waals surface area contributed by atoms with Gasteiger partial charge in [-0.15, -0.1) is 0 Å². The first-order valence-corrected chi connectivity index (χ1v) is 10.1. The number of rotatable bonds is 4. The molecule has 0 saturated carbocycles. The molecule has 0 saturated heterocycles. The Morgan fingerprint density at radius 3 is 2.61 bits per heavy atom. The van der Waals surface area contributed by atoms with Gasteiger partial charge in [0.05, 0.1) is 11.4 Å². The molecule has 3 aromatic rings. The van der Waals surface area contributed by atoms with Gasteiger partial charge in [0.15, 0.2) is 0 Å². The molecule has 2 aromatic heterocycles. The molecule has 1 aromatic carbocycles. The van der Waals surface area contributed by atoms with Gasteiger partial charge in [-0.25, -0.2) is 15.0 Å². The zero-order valence-corrected chi connectivity index (χ0v) is 17.6. The molecule has 3 heterocycles. The van der Waals surface area contributed by atoms with E-state index >= 15 is 0 Å². The zero-order chi connectivity index (χ0) is 19.7. The summed E-state index contributed by atoms with van der Waals surface area (Å²) in [4.78, 5) is 28.1. The normalized spacial score (nSPS) is 15.3. The maximum absolute atomic E-state index is 12.9. The summed E-state index contributed by atoms with van der Waals surface area (Å²) in [6, 6.07) is 11.7. The number of benzene rings is 1. The quantitative estimate of drug-likeness (QED) is 0.621. The summed E-state index contributed by atoms with van der Waals surface area (Å²) in [5, 5.41) is 0. The van der Waals surface area contributed by atoms with E-state index in [1.54, 1.807) is 22.9 Å². The molecule has 0 fully saturated rings. The van der Waals surface area contributed by atoms with E-state index in [0.717, 1.165) is 29.9 Å². The summed E-state index contributed by atoms with van der Waals surface area (Å²) in [5.41, 5.74) is 2.46. The predicted octanol–water partition coefficient (Wildman–Crippen LogP) is 3.55. The third kappa shape index (κ3) is 3.99. The Kier molecular flexibility index (Phi) is 5.02. The first kappa shape index (κ1) is 18.8. The fourth-order valence-electron chi connectivity index (χ4n) is 3.62. The zero-order valence-electron chi connectivity index (χ0n) is 16.0. The number of fused-ring (bicyclic) bond motifs is 1. The Balaban J connectivity index is 1.69. The standard InChI is InChI=1S/C21H22BrN5O/c1-21(2)12-26(10-8-15-3-5-16(22)6-4-15)20-25-18(11-19(28)27(20)13-21)17-7-9-23-14-24-17/h3-7,9,11,14H,8,10,12-13H2,1-2H3. The summed E-state index contributed by atoms with van der Waals surface area (Å²) in [6.07, 6.45) is 4.02. The Hall–Kier alpha value is -2.54. The van der Waals surface area contributed by atoms with Crippen molar-refractivity contribution in [2.75, 3.05) is 18.0 Å². The lowest BCUT2D eigenvalue weighted by atomic mass is 9.91. The lowest BCUT2D eigenvalue weighted by Gasteiger charge is -2.40. The first-order chi connectivity index (χ1) is 13.4. The lowest BCUT2D eigenvalue weighted by molar-refractivity contribution is 0.274. The number of anilines is 1. The van der Waals surface area contributed by atoms with E-state index in [1.165, 1.54) is 11.9 Å². The second kappa shape index (κ2) is 7.47. The number of halogens is 1. The minimum atomic E-state index is -0.0416. The Morgan fingerprint density at radius 1 is 1.11 bits per heavy atom. The van der Waals surface area contributed by atoms with E-state index in [-0.39, 0.29) is 11.0 Å². The molecule has 1 aliphatic heterocycles. The second-order valence-corrected chi connectivity index (χ2v) is 8.84. The third-order valence-electron chi connectivity index (χ3n) is 4.90. The van der Waals surface area contributed by atoms with Gasteiger partial charge >= 0.3 is 0 Å². The van der Waals surface area contributed by atoms with Gasteiger partial charge in [-0.2, -0.15) is 0 Å². The molecule has 0 N–H and O–H groups in total. The molecule has 0 radical (unpaired) electrons. The highest BCUT2D eigenvalue weighted by Gasteiger charge is 2.32. The highest BCUT2D eigenvalue weighted by atomic mass is 79.9. The molecular formula is C21H22BrN5O. The fraction of sp³-hybridized carbons (Fsp3) is 0.333. The molecule has 0 aliphatic carbocycles. The molecule has 0 amide bonds. The third-order valence-corrected chi connectivity index (χ3v) is 5.43. The van der Waals surface area contributed by atoms with Crippen LogP contribution in [0.1, 0.15) is 19.4 Å². The molecule has 0 atom stereocenters. The van der Waals surface area contributed by atoms with E-state index in [1.807, 2.05) is 0 Å². The van der Waals surface area contributed by atoms with Gasteiger partial charge in [-0.05, 0) is 30.2 Å². The van der Waals surface area contributed by atoms with E-state index < -0.39 is 0 Å². The highest BCUT2D eigenvalue weighted by Crippen LogP contribution is 2.30. The van der Waals surface area contributed by atoms with E-state index in [2.05, 4.69) is 68.9 Å². The summed E-state index contributed by atoms with van der Waals surface area (Å²) in [5.74, 6) is 0.720. The van der Waals surface area contributed by atoms with Crippen molar-refractivity contribution in [1.29, 1.82) is 0 Å². The van der Waals surface area contributed by atoms with Crippen molar-refractivity contribution in [2.24, 2.45) is 5.41 Å². The summed E-state index contributed by atoms with van der Waals surface area (Å²) in [6.45, 7) is 6.68. The van der Waals surface area contributed by atoms with Crippen molar-refractivity contribution in [1.82, 2.24) is 19.5 Å². The van der Waals surface area contributed by atoms with Gasteiger partial charge in [0.25, 0.3) is 5.56 Å². The average molecular weight is 440 g/mol. The molecule has 28 heavy (non-hydrogen) atoms. The molecule has 7 heteroatoms. The van der Waals surface area contributed by atoms with Gasteiger partial charge in [0, 0.05) is 41.8 Å². The molecule has 0 bridgehead atoms. The molecule has 0 unspecified atom stereocenters. The Bertz CT molecular complexity index is 1030. The molecular weight excluding hydrogens is 418 g/mol. The van der Waals surface area contributed by atoms with Crippen molar-refractivity contribution in [2.45, 2.75) is 26.8 Å². The topological polar surface area (TPSA) is 63.9 Å². The Morgan fingerprint density at radius 2 is 1.89 bits per heavy atom. The van der Waals surface area contributed by atoms with Crippen LogP contribution in [0.25, 0.3) is 11.4 Å².